The molecule has 0 fully saturated rings. The van der Waals surface area contributed by atoms with Crippen molar-refractivity contribution in [3.05, 3.63) is 76.5 Å². The van der Waals surface area contributed by atoms with Crippen molar-refractivity contribution in [2.45, 2.75) is 13.8 Å². The summed E-state index contributed by atoms with van der Waals surface area (Å²) in [5.74, 6) is -1.42. The molecule has 0 bridgehead atoms. The Morgan fingerprint density at radius 3 is 2.48 bits per heavy atom. The minimum Gasteiger partial charge on any atom is -0.478 e. The number of H-pyrrole nitrogens is 1. The number of hydrogen-bond acceptors (Lipinski definition) is 4. The Morgan fingerprint density at radius 1 is 1.07 bits per heavy atom. The summed E-state index contributed by atoms with van der Waals surface area (Å²) in [7, 11) is 0. The first-order chi connectivity index (χ1) is 12.9. The van der Waals surface area contributed by atoms with Crippen LogP contribution in [-0.2, 0) is 0 Å². The van der Waals surface area contributed by atoms with Crippen LogP contribution in [-0.4, -0.2) is 33.4 Å². The molecule has 136 valence electrons. The maximum atomic E-state index is 12.2. The lowest BCUT2D eigenvalue weighted by Gasteiger charge is -2.01. The Hall–Kier alpha value is -3.74. The molecule has 3 N–H and O–H groups in total. The normalized spacial score (nSPS) is 10.9. The van der Waals surface area contributed by atoms with E-state index in [1.54, 1.807) is 18.2 Å². The second-order valence-corrected chi connectivity index (χ2v) is 6.09. The molecule has 2 aromatic carbocycles. The number of hydrazone groups is 1. The van der Waals surface area contributed by atoms with E-state index < -0.39 is 11.9 Å². The molecule has 0 atom stereocenters. The third-order valence-electron chi connectivity index (χ3n) is 4.16. The Balaban J connectivity index is 1.65. The summed E-state index contributed by atoms with van der Waals surface area (Å²) in [5.41, 5.74) is 7.51. The van der Waals surface area contributed by atoms with E-state index in [4.69, 9.17) is 5.11 Å². The fraction of sp³-hybridized carbons (Fsp3) is 0.100. The largest absolute Gasteiger partial charge is 0.478 e. The Labute approximate surface area is 155 Å². The second-order valence-electron chi connectivity index (χ2n) is 6.09. The van der Waals surface area contributed by atoms with Crippen LogP contribution in [0.2, 0.25) is 0 Å². The third-order valence-corrected chi connectivity index (χ3v) is 4.16. The number of benzene rings is 2. The van der Waals surface area contributed by atoms with Crippen molar-refractivity contribution >= 4 is 18.1 Å². The van der Waals surface area contributed by atoms with Gasteiger partial charge in [0, 0.05) is 5.56 Å². The van der Waals surface area contributed by atoms with Crippen LogP contribution in [0.25, 0.3) is 11.3 Å². The van der Waals surface area contributed by atoms with E-state index in [2.05, 4.69) is 20.7 Å². The van der Waals surface area contributed by atoms with E-state index in [0.29, 0.717) is 17.0 Å². The standard InChI is InChI=1S/C20H18N4O3/c1-12-3-6-16(9-13(12)2)17-10-18(23-22-17)19(25)24-21-11-14-4-7-15(8-5-14)20(26)27/h3-11H,1-2H3,(H,22,23)(H,24,25)(H,26,27)/b21-11+. The fourth-order valence-corrected chi connectivity index (χ4v) is 2.42. The molecule has 0 aliphatic carbocycles. The molecule has 0 aliphatic heterocycles. The molecular weight excluding hydrogens is 344 g/mol. The molecule has 7 nitrogen and oxygen atoms in total. The van der Waals surface area contributed by atoms with Crippen LogP contribution in [0.3, 0.4) is 0 Å². The lowest BCUT2D eigenvalue weighted by atomic mass is 10.0. The van der Waals surface area contributed by atoms with Gasteiger partial charge in [-0.1, -0.05) is 24.3 Å². The van der Waals surface area contributed by atoms with Crippen LogP contribution >= 0.6 is 0 Å². The topological polar surface area (TPSA) is 107 Å². The monoisotopic (exact) mass is 362 g/mol. The van der Waals surface area contributed by atoms with Crippen LogP contribution < -0.4 is 5.43 Å². The van der Waals surface area contributed by atoms with Gasteiger partial charge in [-0.2, -0.15) is 10.2 Å². The lowest BCUT2D eigenvalue weighted by molar-refractivity contribution is 0.0696. The minimum absolute atomic E-state index is 0.188. The smallest absolute Gasteiger partial charge is 0.335 e. The number of hydrogen-bond donors (Lipinski definition) is 3. The van der Waals surface area contributed by atoms with Gasteiger partial charge in [0.2, 0.25) is 0 Å². The van der Waals surface area contributed by atoms with Crippen LogP contribution in [0.1, 0.15) is 37.5 Å². The SMILES string of the molecule is Cc1ccc(-c2cc(C(=O)N/N=C/c3ccc(C(=O)O)cc3)[nH]n2)cc1C. The highest BCUT2D eigenvalue weighted by atomic mass is 16.4. The number of nitrogens with zero attached hydrogens (tertiary/aromatic N) is 2. The molecule has 1 amide bonds. The Bertz CT molecular complexity index is 1020. The van der Waals surface area contributed by atoms with Crippen LogP contribution in [0, 0.1) is 13.8 Å². The van der Waals surface area contributed by atoms with E-state index in [1.165, 1.54) is 23.9 Å². The van der Waals surface area contributed by atoms with Crippen LogP contribution in [0.5, 0.6) is 0 Å². The van der Waals surface area contributed by atoms with Crippen molar-refractivity contribution in [2.24, 2.45) is 5.10 Å². The average molecular weight is 362 g/mol. The van der Waals surface area contributed by atoms with E-state index in [-0.39, 0.29) is 5.56 Å². The summed E-state index contributed by atoms with van der Waals surface area (Å²) < 4.78 is 0. The van der Waals surface area contributed by atoms with Crippen molar-refractivity contribution in [3.8, 4) is 11.3 Å². The number of carbonyl (C=O) groups excluding carboxylic acids is 1. The van der Waals surface area contributed by atoms with Gasteiger partial charge >= 0.3 is 5.97 Å². The van der Waals surface area contributed by atoms with E-state index >= 15 is 0 Å². The number of nitrogens with one attached hydrogen (secondary N) is 2. The lowest BCUT2D eigenvalue weighted by Crippen LogP contribution is -2.18. The quantitative estimate of drug-likeness (QED) is 0.478. The van der Waals surface area contributed by atoms with Gasteiger partial charge in [0.15, 0.2) is 0 Å². The van der Waals surface area contributed by atoms with Crippen molar-refractivity contribution < 1.29 is 14.7 Å². The van der Waals surface area contributed by atoms with Gasteiger partial charge in [-0.25, -0.2) is 10.2 Å². The number of carboxylic acid groups (broad SMARTS) is 1. The first kappa shape index (κ1) is 18.1. The number of aromatic amines is 1. The number of carbonyl (C=O) groups is 2. The molecule has 1 heterocycles. The summed E-state index contributed by atoms with van der Waals surface area (Å²) in [6.07, 6.45) is 1.43. The first-order valence-corrected chi connectivity index (χ1v) is 8.24. The van der Waals surface area contributed by atoms with Crippen LogP contribution in [0.4, 0.5) is 0 Å². The summed E-state index contributed by atoms with van der Waals surface area (Å²) in [5, 5.41) is 19.6. The maximum absolute atomic E-state index is 12.2. The molecule has 0 spiro atoms. The average Bonchev–Trinajstić information content (AvgIpc) is 3.14. The molecule has 0 radical (unpaired) electrons. The summed E-state index contributed by atoms with van der Waals surface area (Å²) in [6.45, 7) is 4.06. The number of aromatic carboxylic acids is 1. The van der Waals surface area contributed by atoms with Crippen molar-refractivity contribution in [3.63, 3.8) is 0 Å². The molecule has 1 aromatic heterocycles. The fourth-order valence-electron chi connectivity index (χ4n) is 2.42. The van der Waals surface area contributed by atoms with Crippen molar-refractivity contribution in [2.75, 3.05) is 0 Å². The van der Waals surface area contributed by atoms with E-state index in [9.17, 15) is 9.59 Å². The maximum Gasteiger partial charge on any atom is 0.335 e. The zero-order valence-corrected chi connectivity index (χ0v) is 14.9. The molecule has 3 aromatic rings. The molecular formula is C20H18N4O3. The third kappa shape index (κ3) is 4.27. The van der Waals surface area contributed by atoms with Gasteiger partial charge in [-0.3, -0.25) is 9.89 Å². The summed E-state index contributed by atoms with van der Waals surface area (Å²) in [4.78, 5) is 23.0. The van der Waals surface area contributed by atoms with Crippen molar-refractivity contribution in [1.29, 1.82) is 0 Å². The number of carboxylic acids is 1. The van der Waals surface area contributed by atoms with Crippen molar-refractivity contribution in [1.82, 2.24) is 15.6 Å². The number of rotatable bonds is 5. The molecule has 0 saturated heterocycles. The number of aryl methyl sites for hydroxylation is 2. The second kappa shape index (κ2) is 7.65. The van der Waals surface area contributed by atoms with Gasteiger partial charge < -0.3 is 5.11 Å². The molecule has 0 aliphatic rings. The Kier molecular flexibility index (Phi) is 5.12. The van der Waals surface area contributed by atoms with Gasteiger partial charge in [-0.05, 0) is 54.8 Å². The summed E-state index contributed by atoms with van der Waals surface area (Å²) in [6, 6.07) is 13.8. The highest BCUT2D eigenvalue weighted by molar-refractivity contribution is 5.94. The van der Waals surface area contributed by atoms with Gasteiger partial charge in [0.25, 0.3) is 5.91 Å². The molecule has 0 unspecified atom stereocenters. The molecule has 3 rings (SSSR count). The zero-order valence-electron chi connectivity index (χ0n) is 14.9. The minimum atomic E-state index is -0.995. The highest BCUT2D eigenvalue weighted by Gasteiger charge is 2.11. The van der Waals surface area contributed by atoms with Gasteiger partial charge in [0.1, 0.15) is 5.69 Å². The number of aromatic nitrogens is 2. The van der Waals surface area contributed by atoms with Gasteiger partial charge in [-0.15, -0.1) is 0 Å². The zero-order chi connectivity index (χ0) is 19.4. The van der Waals surface area contributed by atoms with E-state index in [1.807, 2.05) is 32.0 Å². The predicted octanol–water partition coefficient (Wildman–Crippen LogP) is 3.16. The first-order valence-electron chi connectivity index (χ1n) is 8.24. The molecule has 27 heavy (non-hydrogen) atoms. The molecule has 7 heteroatoms. The Morgan fingerprint density at radius 2 is 1.81 bits per heavy atom. The van der Waals surface area contributed by atoms with Gasteiger partial charge in [0.05, 0.1) is 17.5 Å². The number of amides is 1. The predicted molar refractivity (Wildman–Crippen MR) is 102 cm³/mol. The molecule has 0 saturated carbocycles. The highest BCUT2D eigenvalue weighted by Crippen LogP contribution is 2.20. The summed E-state index contributed by atoms with van der Waals surface area (Å²) >= 11 is 0. The van der Waals surface area contributed by atoms with Crippen LogP contribution in [0.15, 0.2) is 53.6 Å². The van der Waals surface area contributed by atoms with E-state index in [0.717, 1.165) is 11.1 Å².